The molecule has 0 atom stereocenters. The average molecular weight is 498 g/mol. The molecule has 1 N–H and O–H groups in total. The first-order valence-corrected chi connectivity index (χ1v) is 15.6. The van der Waals surface area contributed by atoms with Crippen LogP contribution in [0.1, 0.15) is 155 Å². The van der Waals surface area contributed by atoms with Crippen molar-refractivity contribution in [2.75, 3.05) is 33.4 Å². The maximum Gasteiger partial charge on any atom is 0.305 e. The number of hydrogen-bond acceptors (Lipinski definition) is 4. The highest BCUT2D eigenvalue weighted by atomic mass is 16.5. The topological polar surface area (TPSA) is 47.6 Å². The van der Waals surface area contributed by atoms with Gasteiger partial charge in [0, 0.05) is 20.1 Å². The van der Waals surface area contributed by atoms with Crippen molar-refractivity contribution in [3.8, 4) is 0 Å². The van der Waals surface area contributed by atoms with Gasteiger partial charge in [-0.2, -0.15) is 0 Å². The molecule has 0 spiro atoms. The summed E-state index contributed by atoms with van der Waals surface area (Å²) in [5.41, 5.74) is 0. The monoisotopic (exact) mass is 497 g/mol. The van der Waals surface area contributed by atoms with Crippen LogP contribution < -0.4 is 5.32 Å². The van der Waals surface area contributed by atoms with Crippen molar-refractivity contribution in [2.24, 2.45) is 5.92 Å². The van der Waals surface area contributed by atoms with Gasteiger partial charge in [0.05, 0.1) is 6.61 Å². The number of carbonyl (C=O) groups is 1. The van der Waals surface area contributed by atoms with Crippen LogP contribution in [0, 0.1) is 5.92 Å². The van der Waals surface area contributed by atoms with E-state index in [2.05, 4.69) is 19.2 Å². The van der Waals surface area contributed by atoms with Gasteiger partial charge in [0.15, 0.2) is 0 Å². The molecule has 0 heterocycles. The van der Waals surface area contributed by atoms with Gasteiger partial charge in [-0.1, -0.05) is 117 Å². The van der Waals surface area contributed by atoms with Crippen molar-refractivity contribution in [3.63, 3.8) is 0 Å². The molecule has 210 valence electrons. The normalized spacial score (nSPS) is 11.4. The average Bonchev–Trinajstić information content (AvgIpc) is 2.86. The van der Waals surface area contributed by atoms with Crippen LogP contribution in [-0.4, -0.2) is 39.4 Å². The molecular formula is C31H63NO3. The Morgan fingerprint density at radius 1 is 0.629 bits per heavy atom. The fourth-order valence-electron chi connectivity index (χ4n) is 4.71. The van der Waals surface area contributed by atoms with Crippen molar-refractivity contribution >= 4 is 5.97 Å². The Kier molecular flexibility index (Phi) is 29.1. The maximum atomic E-state index is 12.3. The maximum absolute atomic E-state index is 12.3. The fourth-order valence-corrected chi connectivity index (χ4v) is 4.71. The van der Waals surface area contributed by atoms with Crippen molar-refractivity contribution in [1.82, 2.24) is 5.32 Å². The lowest BCUT2D eigenvalue weighted by Crippen LogP contribution is -2.17. The predicted octanol–water partition coefficient (Wildman–Crippen LogP) is 9.00. The van der Waals surface area contributed by atoms with Crippen molar-refractivity contribution < 1.29 is 14.3 Å². The van der Waals surface area contributed by atoms with Gasteiger partial charge in [-0.15, -0.1) is 0 Å². The SMILES string of the molecule is CCCCCCCCC(CCCCCCCC)COC(=O)CCCCCCCCNCCCOC. The van der Waals surface area contributed by atoms with E-state index in [0.29, 0.717) is 18.9 Å². The smallest absolute Gasteiger partial charge is 0.305 e. The Balaban J connectivity index is 3.82. The first-order chi connectivity index (χ1) is 17.2. The minimum absolute atomic E-state index is 0.0288. The zero-order valence-electron chi connectivity index (χ0n) is 24.2. The number of rotatable bonds is 29. The van der Waals surface area contributed by atoms with Crippen molar-refractivity contribution in [3.05, 3.63) is 0 Å². The van der Waals surface area contributed by atoms with Gasteiger partial charge in [-0.05, 0) is 51.1 Å². The van der Waals surface area contributed by atoms with E-state index in [1.807, 2.05) is 0 Å². The number of ether oxygens (including phenoxy) is 2. The molecule has 0 unspecified atom stereocenters. The van der Waals surface area contributed by atoms with Crippen LogP contribution in [-0.2, 0) is 14.3 Å². The molecule has 0 aromatic rings. The molecule has 0 bridgehead atoms. The summed E-state index contributed by atoms with van der Waals surface area (Å²) in [5, 5.41) is 3.47. The summed E-state index contributed by atoms with van der Waals surface area (Å²) >= 11 is 0. The zero-order valence-corrected chi connectivity index (χ0v) is 24.2. The predicted molar refractivity (Wildman–Crippen MR) is 152 cm³/mol. The summed E-state index contributed by atoms with van der Waals surface area (Å²) in [6.45, 7) is 8.20. The quantitative estimate of drug-likeness (QED) is 0.0827. The zero-order chi connectivity index (χ0) is 25.7. The van der Waals surface area contributed by atoms with Crippen molar-refractivity contribution in [1.29, 1.82) is 0 Å². The lowest BCUT2D eigenvalue weighted by Gasteiger charge is -2.17. The molecule has 0 saturated heterocycles. The van der Waals surface area contributed by atoms with Gasteiger partial charge in [-0.25, -0.2) is 0 Å². The standard InChI is InChI=1S/C31H63NO3/c1-4-6-8-10-14-18-23-30(24-19-15-11-9-7-5-2)29-35-31(33)25-20-16-12-13-17-21-26-32-27-22-28-34-3/h30,32H,4-29H2,1-3H3. The third-order valence-corrected chi connectivity index (χ3v) is 7.10. The van der Waals surface area contributed by atoms with Crippen LogP contribution in [0.4, 0.5) is 0 Å². The highest BCUT2D eigenvalue weighted by molar-refractivity contribution is 5.69. The van der Waals surface area contributed by atoms with Gasteiger partial charge in [0.2, 0.25) is 0 Å². The van der Waals surface area contributed by atoms with Gasteiger partial charge >= 0.3 is 5.97 Å². The fraction of sp³-hybridized carbons (Fsp3) is 0.968. The molecule has 0 fully saturated rings. The number of nitrogens with one attached hydrogen (secondary N) is 1. The van der Waals surface area contributed by atoms with E-state index < -0.39 is 0 Å². The van der Waals surface area contributed by atoms with Crippen LogP contribution in [0.5, 0.6) is 0 Å². The summed E-state index contributed by atoms with van der Waals surface area (Å²) < 4.78 is 10.8. The van der Waals surface area contributed by atoms with Crippen molar-refractivity contribution in [2.45, 2.75) is 155 Å². The first kappa shape index (κ1) is 34.4. The number of carbonyl (C=O) groups excluding carboxylic acids is 1. The Morgan fingerprint density at radius 2 is 1.11 bits per heavy atom. The highest BCUT2D eigenvalue weighted by Gasteiger charge is 2.12. The molecule has 0 aromatic heterocycles. The largest absolute Gasteiger partial charge is 0.465 e. The Bertz CT molecular complexity index is 400. The lowest BCUT2D eigenvalue weighted by atomic mass is 9.94. The Hall–Kier alpha value is -0.610. The minimum Gasteiger partial charge on any atom is -0.465 e. The highest BCUT2D eigenvalue weighted by Crippen LogP contribution is 2.20. The molecule has 0 radical (unpaired) electrons. The van der Waals surface area contributed by atoms with Gasteiger partial charge in [0.1, 0.15) is 0 Å². The molecule has 0 rings (SSSR count). The second-order valence-corrected chi connectivity index (χ2v) is 10.6. The summed E-state index contributed by atoms with van der Waals surface area (Å²) in [4.78, 5) is 12.3. The summed E-state index contributed by atoms with van der Waals surface area (Å²) in [6, 6.07) is 0. The number of esters is 1. The van der Waals surface area contributed by atoms with E-state index in [1.165, 1.54) is 116 Å². The molecule has 0 aliphatic rings. The van der Waals surface area contributed by atoms with Crippen LogP contribution in [0.3, 0.4) is 0 Å². The number of unbranched alkanes of at least 4 members (excludes halogenated alkanes) is 15. The lowest BCUT2D eigenvalue weighted by molar-refractivity contribution is -0.145. The summed E-state index contributed by atoms with van der Waals surface area (Å²) in [7, 11) is 1.75. The molecule has 0 aromatic carbocycles. The number of hydrogen-bond donors (Lipinski definition) is 1. The van der Waals surface area contributed by atoms with E-state index in [1.54, 1.807) is 7.11 Å². The molecule has 35 heavy (non-hydrogen) atoms. The Labute approximate surface area is 220 Å². The molecule has 0 saturated carbocycles. The second kappa shape index (κ2) is 29.6. The van der Waals surface area contributed by atoms with Gasteiger partial charge in [-0.3, -0.25) is 4.79 Å². The third-order valence-electron chi connectivity index (χ3n) is 7.10. The van der Waals surface area contributed by atoms with E-state index >= 15 is 0 Å². The molecular weight excluding hydrogens is 434 g/mol. The van der Waals surface area contributed by atoms with E-state index in [4.69, 9.17) is 9.47 Å². The first-order valence-electron chi connectivity index (χ1n) is 15.6. The van der Waals surface area contributed by atoms with E-state index in [-0.39, 0.29) is 5.97 Å². The molecule has 0 aliphatic heterocycles. The molecule has 0 amide bonds. The summed E-state index contributed by atoms with van der Waals surface area (Å²) in [5.74, 6) is 0.598. The summed E-state index contributed by atoms with van der Waals surface area (Å²) in [6.07, 6.45) is 27.4. The molecule has 4 heteroatoms. The van der Waals surface area contributed by atoms with Crippen LogP contribution in [0.25, 0.3) is 0 Å². The van der Waals surface area contributed by atoms with Gasteiger partial charge < -0.3 is 14.8 Å². The second-order valence-electron chi connectivity index (χ2n) is 10.6. The van der Waals surface area contributed by atoms with Crippen LogP contribution >= 0.6 is 0 Å². The van der Waals surface area contributed by atoms with E-state index in [9.17, 15) is 4.79 Å². The van der Waals surface area contributed by atoms with Crippen LogP contribution in [0.15, 0.2) is 0 Å². The minimum atomic E-state index is 0.0288. The third kappa shape index (κ3) is 27.8. The Morgan fingerprint density at radius 3 is 1.69 bits per heavy atom. The van der Waals surface area contributed by atoms with Gasteiger partial charge in [0.25, 0.3) is 0 Å². The molecule has 0 aliphatic carbocycles. The van der Waals surface area contributed by atoms with Crippen LogP contribution in [0.2, 0.25) is 0 Å². The van der Waals surface area contributed by atoms with E-state index in [0.717, 1.165) is 39.0 Å². The number of methoxy groups -OCH3 is 1. The molecule has 4 nitrogen and oxygen atoms in total.